The van der Waals surface area contributed by atoms with Crippen LogP contribution < -0.4 is 0 Å². The Bertz CT molecular complexity index is 582. The van der Waals surface area contributed by atoms with Crippen molar-refractivity contribution in [2.24, 2.45) is 0 Å². The van der Waals surface area contributed by atoms with Crippen molar-refractivity contribution in [1.82, 2.24) is 9.88 Å². The molecule has 2 aromatic rings. The normalized spacial score (nSPS) is 14.8. The lowest BCUT2D eigenvalue weighted by Gasteiger charge is -2.22. The monoisotopic (exact) mass is 306 g/mol. The predicted molar refractivity (Wildman–Crippen MR) is 83.0 cm³/mol. The third kappa shape index (κ3) is 3.51. The third-order valence-electron chi connectivity index (χ3n) is 3.57. The van der Waals surface area contributed by atoms with E-state index in [2.05, 4.69) is 28.1 Å². The number of hydrogen-bond acceptors (Lipinski definition) is 2. The summed E-state index contributed by atoms with van der Waals surface area (Å²) in [5.41, 5.74) is 2.51. The van der Waals surface area contributed by atoms with E-state index in [0.29, 0.717) is 16.1 Å². The zero-order valence-electron chi connectivity index (χ0n) is 11.1. The highest BCUT2D eigenvalue weighted by Gasteiger charge is 2.28. The lowest BCUT2D eigenvalue weighted by atomic mass is 10.2. The molecule has 0 saturated heterocycles. The Labute approximate surface area is 129 Å². The quantitative estimate of drug-likeness (QED) is 0.805. The fourth-order valence-corrected chi connectivity index (χ4v) is 2.67. The molecule has 1 aliphatic carbocycles. The number of benzene rings is 1. The van der Waals surface area contributed by atoms with Crippen LogP contribution in [0.25, 0.3) is 0 Å². The van der Waals surface area contributed by atoms with Gasteiger partial charge in [-0.1, -0.05) is 29.3 Å². The van der Waals surface area contributed by atoms with Crippen molar-refractivity contribution >= 4 is 23.2 Å². The van der Waals surface area contributed by atoms with Gasteiger partial charge in [-0.2, -0.15) is 0 Å². The zero-order chi connectivity index (χ0) is 13.9. The largest absolute Gasteiger partial charge is 0.292 e. The number of aromatic nitrogens is 1. The molecule has 0 N–H and O–H groups in total. The molecule has 0 spiro atoms. The van der Waals surface area contributed by atoms with E-state index in [1.54, 1.807) is 0 Å². The molecule has 0 bridgehead atoms. The number of halogens is 2. The van der Waals surface area contributed by atoms with Gasteiger partial charge in [0.2, 0.25) is 0 Å². The summed E-state index contributed by atoms with van der Waals surface area (Å²) in [6.07, 6.45) is 6.26. The molecule has 1 fully saturated rings. The van der Waals surface area contributed by atoms with Gasteiger partial charge in [-0.3, -0.25) is 9.88 Å². The highest BCUT2D eigenvalue weighted by molar-refractivity contribution is 6.42. The van der Waals surface area contributed by atoms with Crippen LogP contribution >= 0.6 is 23.2 Å². The highest BCUT2D eigenvalue weighted by Crippen LogP contribution is 2.31. The van der Waals surface area contributed by atoms with Crippen molar-refractivity contribution in [1.29, 1.82) is 0 Å². The van der Waals surface area contributed by atoms with Gasteiger partial charge in [0.1, 0.15) is 0 Å². The summed E-state index contributed by atoms with van der Waals surface area (Å²) in [4.78, 5) is 6.56. The van der Waals surface area contributed by atoms with E-state index in [1.807, 2.05) is 24.5 Å². The van der Waals surface area contributed by atoms with Crippen LogP contribution in [0.4, 0.5) is 0 Å². The predicted octanol–water partition coefficient (Wildman–Crippen LogP) is 4.55. The van der Waals surface area contributed by atoms with Crippen molar-refractivity contribution in [3.8, 4) is 0 Å². The minimum Gasteiger partial charge on any atom is -0.292 e. The van der Waals surface area contributed by atoms with Gasteiger partial charge in [-0.25, -0.2) is 0 Å². The molecule has 1 saturated carbocycles. The van der Waals surface area contributed by atoms with Crippen molar-refractivity contribution in [3.05, 3.63) is 63.9 Å². The minimum absolute atomic E-state index is 0.613. The summed E-state index contributed by atoms with van der Waals surface area (Å²) in [7, 11) is 0. The lowest BCUT2D eigenvalue weighted by Crippen LogP contribution is -2.25. The van der Waals surface area contributed by atoms with Crippen molar-refractivity contribution in [3.63, 3.8) is 0 Å². The van der Waals surface area contributed by atoms with Gasteiger partial charge in [0, 0.05) is 31.5 Å². The topological polar surface area (TPSA) is 16.1 Å². The van der Waals surface area contributed by atoms with E-state index >= 15 is 0 Å². The third-order valence-corrected chi connectivity index (χ3v) is 4.31. The minimum atomic E-state index is 0.613. The average Bonchev–Trinajstić information content (AvgIpc) is 3.28. The number of pyridine rings is 1. The van der Waals surface area contributed by atoms with Crippen LogP contribution in [0.2, 0.25) is 10.0 Å². The lowest BCUT2D eigenvalue weighted by molar-refractivity contribution is 0.245. The molecule has 1 aromatic heterocycles. The molecule has 1 heterocycles. The van der Waals surface area contributed by atoms with E-state index in [4.69, 9.17) is 23.2 Å². The van der Waals surface area contributed by atoms with Crippen LogP contribution in [-0.2, 0) is 13.1 Å². The summed E-state index contributed by atoms with van der Waals surface area (Å²) in [6, 6.07) is 10.7. The molecule has 104 valence electrons. The summed E-state index contributed by atoms with van der Waals surface area (Å²) in [6.45, 7) is 1.86. The number of nitrogens with zero attached hydrogens (tertiary/aromatic N) is 2. The van der Waals surface area contributed by atoms with Crippen LogP contribution in [0.5, 0.6) is 0 Å². The van der Waals surface area contributed by atoms with Crippen LogP contribution in [0.15, 0.2) is 42.7 Å². The van der Waals surface area contributed by atoms with E-state index < -0.39 is 0 Å². The van der Waals surface area contributed by atoms with Crippen molar-refractivity contribution in [2.45, 2.75) is 32.0 Å². The molecule has 0 radical (unpaired) electrons. The Kier molecular flexibility index (Phi) is 4.25. The summed E-state index contributed by atoms with van der Waals surface area (Å²) in [5, 5.41) is 1.24. The van der Waals surface area contributed by atoms with Gasteiger partial charge < -0.3 is 0 Å². The molecule has 0 amide bonds. The molecule has 1 aromatic carbocycles. The molecular weight excluding hydrogens is 291 g/mol. The summed E-state index contributed by atoms with van der Waals surface area (Å²) < 4.78 is 0. The Balaban J connectivity index is 1.72. The Morgan fingerprint density at radius 1 is 0.950 bits per heavy atom. The van der Waals surface area contributed by atoms with Crippen LogP contribution in [0.3, 0.4) is 0 Å². The molecule has 1 aliphatic rings. The second-order valence-corrected chi connectivity index (χ2v) is 6.05. The molecular formula is C16H16Cl2N2. The maximum Gasteiger partial charge on any atom is 0.0595 e. The van der Waals surface area contributed by atoms with Gasteiger partial charge in [0.25, 0.3) is 0 Å². The van der Waals surface area contributed by atoms with Crippen LogP contribution in [-0.4, -0.2) is 15.9 Å². The standard InChI is InChI=1S/C16H16Cl2N2/c17-15-4-1-13(9-16(15)18)11-20(14-2-3-14)10-12-5-7-19-8-6-12/h1,4-9,14H,2-3,10-11H2. The van der Waals surface area contributed by atoms with Crippen molar-refractivity contribution < 1.29 is 0 Å². The first kappa shape index (κ1) is 13.9. The maximum atomic E-state index is 6.09. The van der Waals surface area contributed by atoms with Gasteiger partial charge >= 0.3 is 0 Å². The second kappa shape index (κ2) is 6.13. The van der Waals surface area contributed by atoms with Crippen LogP contribution in [0, 0.1) is 0 Å². The van der Waals surface area contributed by atoms with Gasteiger partial charge in [0.05, 0.1) is 10.0 Å². The molecule has 0 aliphatic heterocycles. The molecule has 3 rings (SSSR count). The number of rotatable bonds is 5. The Morgan fingerprint density at radius 2 is 1.65 bits per heavy atom. The number of hydrogen-bond donors (Lipinski definition) is 0. The van der Waals surface area contributed by atoms with E-state index in [-0.39, 0.29) is 0 Å². The van der Waals surface area contributed by atoms with Gasteiger partial charge in [0.15, 0.2) is 0 Å². The summed E-state index contributed by atoms with van der Waals surface area (Å²) in [5.74, 6) is 0. The van der Waals surface area contributed by atoms with Crippen molar-refractivity contribution in [2.75, 3.05) is 0 Å². The van der Waals surface area contributed by atoms with E-state index in [1.165, 1.54) is 24.0 Å². The zero-order valence-corrected chi connectivity index (χ0v) is 12.6. The van der Waals surface area contributed by atoms with Crippen LogP contribution in [0.1, 0.15) is 24.0 Å². The first-order valence-electron chi connectivity index (χ1n) is 6.79. The fourth-order valence-electron chi connectivity index (χ4n) is 2.35. The SMILES string of the molecule is Clc1ccc(CN(Cc2ccncc2)C2CC2)cc1Cl. The molecule has 0 atom stereocenters. The summed E-state index contributed by atoms with van der Waals surface area (Å²) >= 11 is 12.1. The van der Waals surface area contributed by atoms with Gasteiger partial charge in [-0.05, 0) is 48.2 Å². The average molecular weight is 307 g/mol. The first-order chi connectivity index (χ1) is 9.72. The molecule has 0 unspecified atom stereocenters. The van der Waals surface area contributed by atoms with E-state index in [0.717, 1.165) is 13.1 Å². The molecule has 2 nitrogen and oxygen atoms in total. The second-order valence-electron chi connectivity index (χ2n) is 5.24. The first-order valence-corrected chi connectivity index (χ1v) is 7.55. The fraction of sp³-hybridized carbons (Fsp3) is 0.312. The van der Waals surface area contributed by atoms with Gasteiger partial charge in [-0.15, -0.1) is 0 Å². The smallest absolute Gasteiger partial charge is 0.0595 e. The molecule has 4 heteroatoms. The Morgan fingerprint density at radius 3 is 2.30 bits per heavy atom. The molecule has 20 heavy (non-hydrogen) atoms. The van der Waals surface area contributed by atoms with E-state index in [9.17, 15) is 0 Å². The highest BCUT2D eigenvalue weighted by atomic mass is 35.5. The maximum absolute atomic E-state index is 6.09. The Hall–Kier alpha value is -1.09.